The quantitative estimate of drug-likeness (QED) is 0.782. The van der Waals surface area contributed by atoms with E-state index < -0.39 is 47.6 Å². The summed E-state index contributed by atoms with van der Waals surface area (Å²) in [4.78, 5) is 11.8. The molecule has 0 saturated carbocycles. The zero-order valence-corrected chi connectivity index (χ0v) is 12.5. The van der Waals surface area contributed by atoms with Crippen molar-refractivity contribution in [3.8, 4) is 0 Å². The van der Waals surface area contributed by atoms with Gasteiger partial charge in [-0.25, -0.2) is 4.79 Å². The lowest BCUT2D eigenvalue weighted by Crippen LogP contribution is -2.43. The van der Waals surface area contributed by atoms with E-state index in [0.717, 1.165) is 0 Å². The number of alkyl halides is 3. The molecule has 0 unspecified atom stereocenters. The Morgan fingerprint density at radius 3 is 2.38 bits per heavy atom. The summed E-state index contributed by atoms with van der Waals surface area (Å²) in [6, 6.07) is -1.10. The molecule has 1 amide bonds. The molecule has 0 bridgehead atoms. The van der Waals surface area contributed by atoms with Crippen molar-refractivity contribution >= 4 is 16.4 Å². The number of ether oxygens (including phenoxy) is 2. The largest absolute Gasteiger partial charge is 0.522 e. The second-order valence-electron chi connectivity index (χ2n) is 5.26. The van der Waals surface area contributed by atoms with Gasteiger partial charge in [-0.15, -0.1) is 13.2 Å². The van der Waals surface area contributed by atoms with Crippen molar-refractivity contribution in [2.24, 2.45) is 0 Å². The van der Waals surface area contributed by atoms with Gasteiger partial charge in [0.05, 0.1) is 19.3 Å². The molecule has 1 aliphatic rings. The predicted octanol–water partition coefficient (Wildman–Crippen LogP) is 1.79. The minimum atomic E-state index is -4.82. The molecular formula is C10H16F3NO6S. The summed E-state index contributed by atoms with van der Waals surface area (Å²) in [5, 5.41) is 0. The highest BCUT2D eigenvalue weighted by Gasteiger charge is 2.44. The molecule has 0 aliphatic carbocycles. The Labute approximate surface area is 120 Å². The number of nitrogens with zero attached hydrogens (tertiary/aromatic N) is 1. The van der Waals surface area contributed by atoms with Gasteiger partial charge in [-0.05, 0) is 27.2 Å². The summed E-state index contributed by atoms with van der Waals surface area (Å²) in [6.45, 7) is 3.33. The smallest absolute Gasteiger partial charge is 0.443 e. The van der Waals surface area contributed by atoms with E-state index in [9.17, 15) is 26.4 Å². The molecule has 0 aromatic heterocycles. The zero-order chi connectivity index (χ0) is 16.5. The van der Waals surface area contributed by atoms with Gasteiger partial charge in [0.25, 0.3) is 0 Å². The third-order valence-electron chi connectivity index (χ3n) is 2.27. The average molecular weight is 335 g/mol. The van der Waals surface area contributed by atoms with E-state index in [2.05, 4.69) is 8.92 Å². The number of rotatable bonds is 3. The van der Waals surface area contributed by atoms with Gasteiger partial charge in [0.1, 0.15) is 5.60 Å². The monoisotopic (exact) mass is 335 g/mol. The maximum Gasteiger partial charge on any atom is 0.522 e. The Morgan fingerprint density at radius 2 is 1.90 bits per heavy atom. The molecule has 7 nitrogen and oxygen atoms in total. The van der Waals surface area contributed by atoms with Gasteiger partial charge in [-0.1, -0.05) is 0 Å². The second-order valence-corrected chi connectivity index (χ2v) is 6.74. The number of amides is 1. The van der Waals surface area contributed by atoms with E-state index in [-0.39, 0.29) is 6.42 Å². The summed E-state index contributed by atoms with van der Waals surface area (Å²) >= 11 is 0. The van der Waals surface area contributed by atoms with Crippen molar-refractivity contribution in [2.75, 3.05) is 13.2 Å². The van der Waals surface area contributed by atoms with E-state index in [4.69, 9.17) is 4.74 Å². The average Bonchev–Trinajstić information content (AvgIpc) is 2.49. The van der Waals surface area contributed by atoms with Crippen LogP contribution in [0.15, 0.2) is 0 Å². The summed E-state index contributed by atoms with van der Waals surface area (Å²) < 4.78 is 72.1. The highest BCUT2D eigenvalue weighted by Crippen LogP contribution is 2.25. The number of carbonyl (C=O) groups excluding carboxylic acids is 1. The van der Waals surface area contributed by atoms with Crippen LogP contribution in [0.5, 0.6) is 0 Å². The van der Waals surface area contributed by atoms with E-state index in [1.165, 1.54) is 20.8 Å². The standard InChI is InChI=1S/C10H16F3NO6S/c1-9(2,3)20-8(15)14-7(6-19-21(14,16)17)4-5-18-10(11,12)13/h7H,4-6H2,1-3H3/t7-/m0/s1. The van der Waals surface area contributed by atoms with Crippen molar-refractivity contribution in [1.82, 2.24) is 4.31 Å². The highest BCUT2D eigenvalue weighted by atomic mass is 32.2. The van der Waals surface area contributed by atoms with Gasteiger partial charge in [0, 0.05) is 0 Å². The summed E-state index contributed by atoms with van der Waals surface area (Å²) in [7, 11) is -4.35. The van der Waals surface area contributed by atoms with Crippen molar-refractivity contribution in [1.29, 1.82) is 0 Å². The van der Waals surface area contributed by atoms with Crippen LogP contribution in [0.1, 0.15) is 27.2 Å². The van der Waals surface area contributed by atoms with Crippen LogP contribution < -0.4 is 0 Å². The van der Waals surface area contributed by atoms with E-state index in [1.807, 2.05) is 0 Å². The van der Waals surface area contributed by atoms with Crippen molar-refractivity contribution in [3.63, 3.8) is 0 Å². The SMILES string of the molecule is CC(C)(C)OC(=O)N1[C@@H](CCOC(F)(F)F)COS1(=O)=O. The molecule has 0 aromatic carbocycles. The Hall–Kier alpha value is -1.07. The molecule has 0 N–H and O–H groups in total. The van der Waals surface area contributed by atoms with Crippen LogP contribution >= 0.6 is 0 Å². The first-order valence-electron chi connectivity index (χ1n) is 5.94. The zero-order valence-electron chi connectivity index (χ0n) is 11.6. The third kappa shape index (κ3) is 5.67. The number of halogens is 3. The molecule has 124 valence electrons. The lowest BCUT2D eigenvalue weighted by atomic mass is 10.2. The third-order valence-corrected chi connectivity index (χ3v) is 3.64. The predicted molar refractivity (Wildman–Crippen MR) is 63.4 cm³/mol. The number of carbonyl (C=O) groups is 1. The minimum Gasteiger partial charge on any atom is -0.443 e. The topological polar surface area (TPSA) is 82.1 Å². The van der Waals surface area contributed by atoms with E-state index in [0.29, 0.717) is 4.31 Å². The van der Waals surface area contributed by atoms with Crippen LogP contribution in [0.4, 0.5) is 18.0 Å². The summed E-state index contributed by atoms with van der Waals surface area (Å²) in [5.41, 5.74) is -0.956. The Kier molecular flexibility index (Phi) is 5.11. The van der Waals surface area contributed by atoms with Crippen LogP contribution in [0.3, 0.4) is 0 Å². The Balaban J connectivity index is 2.73. The van der Waals surface area contributed by atoms with Crippen LogP contribution in [0.25, 0.3) is 0 Å². The fourth-order valence-corrected chi connectivity index (χ4v) is 2.72. The summed E-state index contributed by atoms with van der Waals surface area (Å²) in [5.74, 6) is 0. The lowest BCUT2D eigenvalue weighted by molar-refractivity contribution is -0.325. The first-order valence-corrected chi connectivity index (χ1v) is 7.31. The molecule has 1 rings (SSSR count). The first kappa shape index (κ1) is 18.0. The molecular weight excluding hydrogens is 319 g/mol. The highest BCUT2D eigenvalue weighted by molar-refractivity contribution is 7.85. The van der Waals surface area contributed by atoms with E-state index in [1.54, 1.807) is 0 Å². The molecule has 1 atom stereocenters. The second kappa shape index (κ2) is 5.97. The fraction of sp³-hybridized carbons (Fsp3) is 0.900. The Morgan fingerprint density at radius 1 is 1.33 bits per heavy atom. The number of hydrogen-bond acceptors (Lipinski definition) is 6. The molecule has 0 aromatic rings. The van der Waals surface area contributed by atoms with Crippen LogP contribution in [-0.2, 0) is 24.0 Å². The lowest BCUT2D eigenvalue weighted by Gasteiger charge is -2.25. The van der Waals surface area contributed by atoms with Crippen LogP contribution in [-0.4, -0.2) is 50.0 Å². The number of hydrogen-bond donors (Lipinski definition) is 0. The van der Waals surface area contributed by atoms with Gasteiger partial charge >= 0.3 is 22.8 Å². The molecule has 11 heteroatoms. The van der Waals surface area contributed by atoms with Crippen LogP contribution in [0.2, 0.25) is 0 Å². The van der Waals surface area contributed by atoms with E-state index >= 15 is 0 Å². The molecule has 0 spiro atoms. The normalized spacial score (nSPS) is 22.4. The maximum absolute atomic E-state index is 11.9. The molecule has 21 heavy (non-hydrogen) atoms. The van der Waals surface area contributed by atoms with Crippen LogP contribution in [0, 0.1) is 0 Å². The van der Waals surface area contributed by atoms with Gasteiger partial charge < -0.3 is 4.74 Å². The molecule has 1 fully saturated rings. The molecule has 1 aliphatic heterocycles. The molecule has 1 saturated heterocycles. The maximum atomic E-state index is 11.9. The fourth-order valence-electron chi connectivity index (χ4n) is 1.53. The minimum absolute atomic E-state index is 0.304. The van der Waals surface area contributed by atoms with Crippen molar-refractivity contribution in [3.05, 3.63) is 0 Å². The van der Waals surface area contributed by atoms with Gasteiger partial charge in [-0.3, -0.25) is 8.92 Å². The van der Waals surface area contributed by atoms with Crippen molar-refractivity contribution in [2.45, 2.75) is 45.2 Å². The molecule has 1 heterocycles. The van der Waals surface area contributed by atoms with Crippen molar-refractivity contribution < 1.29 is 40.0 Å². The summed E-state index contributed by atoms with van der Waals surface area (Å²) in [6.07, 6.45) is -6.38. The van der Waals surface area contributed by atoms with Gasteiger partial charge in [0.15, 0.2) is 0 Å². The van der Waals surface area contributed by atoms with Gasteiger partial charge in [-0.2, -0.15) is 12.7 Å². The van der Waals surface area contributed by atoms with Gasteiger partial charge in [0.2, 0.25) is 0 Å². The molecule has 0 radical (unpaired) electrons. The Bertz CT molecular complexity index is 484. The first-order chi connectivity index (χ1) is 9.32.